The summed E-state index contributed by atoms with van der Waals surface area (Å²) in [6, 6.07) is 64.3. The second kappa shape index (κ2) is 18.4. The van der Waals surface area contributed by atoms with Crippen molar-refractivity contribution < 1.29 is 0 Å². The van der Waals surface area contributed by atoms with Gasteiger partial charge < -0.3 is 4.90 Å². The Hall–Kier alpha value is -6.03. The predicted octanol–water partition coefficient (Wildman–Crippen LogP) is 18.4. The average molecular weight is 972 g/mol. The number of anilines is 3. The number of fused-ring (bicyclic) bond motifs is 4. The van der Waals surface area contributed by atoms with E-state index in [9.17, 15) is 0 Å². The van der Waals surface area contributed by atoms with Gasteiger partial charge in [-0.3, -0.25) is 0 Å². The lowest BCUT2D eigenvalue weighted by molar-refractivity contribution is 0.443. The fraction of sp³-hybridized carbons (Fsp3) is 0.314. The minimum atomic E-state index is -0.00698. The number of hydrogen-bond acceptors (Lipinski definition) is 2. The van der Waals surface area contributed by atoms with Crippen LogP contribution in [0.3, 0.4) is 0 Å². The summed E-state index contributed by atoms with van der Waals surface area (Å²) in [6.07, 6.45) is 6.42. The molecule has 1 fully saturated rings. The summed E-state index contributed by atoms with van der Waals surface area (Å²) in [4.78, 5) is 5.48. The van der Waals surface area contributed by atoms with Crippen LogP contribution in [0, 0.1) is 0 Å². The van der Waals surface area contributed by atoms with Crippen LogP contribution in [0.2, 0.25) is 0 Å². The SMILES string of the molecule is CC(C)(C)c1cc(-c2ccc3c(c2)B2c4cc(-c5cc(C(C)(C)C)cc(C(C)(C)C)c5)ccc4N(c4c(-c5ccccc5)cccc4-c4ccccc4)c4cc(C5CCCCC5)cc(c42)S3)cc(C(C)(C)C)c1. The van der Waals surface area contributed by atoms with E-state index in [1.165, 1.54) is 148 Å². The highest BCUT2D eigenvalue weighted by Crippen LogP contribution is 2.51. The third kappa shape index (κ3) is 9.35. The van der Waals surface area contributed by atoms with Gasteiger partial charge in [0.1, 0.15) is 0 Å². The number of benzene rings is 8. The monoisotopic (exact) mass is 972 g/mol. The number of rotatable bonds is 6. The minimum absolute atomic E-state index is 0.00698. The van der Waals surface area contributed by atoms with Crippen LogP contribution in [0.5, 0.6) is 0 Å². The molecule has 0 saturated heterocycles. The van der Waals surface area contributed by atoms with Gasteiger partial charge in [0, 0.05) is 32.3 Å². The number of para-hydroxylation sites is 1. The highest BCUT2D eigenvalue weighted by molar-refractivity contribution is 8.00. The second-order valence-electron chi connectivity index (χ2n) is 25.7. The van der Waals surface area contributed by atoms with E-state index in [1.54, 1.807) is 0 Å². The molecule has 0 N–H and O–H groups in total. The van der Waals surface area contributed by atoms with E-state index in [-0.39, 0.29) is 28.4 Å². The highest BCUT2D eigenvalue weighted by Gasteiger charge is 2.43. The normalized spacial score (nSPS) is 15.0. The van der Waals surface area contributed by atoms with Gasteiger partial charge in [-0.25, -0.2) is 0 Å². The maximum absolute atomic E-state index is 2.72. The summed E-state index contributed by atoms with van der Waals surface area (Å²) in [7, 11) is 0. The fourth-order valence-corrected chi connectivity index (χ4v) is 13.0. The Bertz CT molecular complexity index is 3260. The molecule has 8 aromatic rings. The zero-order valence-corrected chi connectivity index (χ0v) is 46.5. The van der Waals surface area contributed by atoms with Gasteiger partial charge in [-0.2, -0.15) is 0 Å². The molecule has 368 valence electrons. The van der Waals surface area contributed by atoms with E-state index in [4.69, 9.17) is 0 Å². The van der Waals surface area contributed by atoms with Gasteiger partial charge in [-0.15, -0.1) is 0 Å². The Labute approximate surface area is 443 Å². The molecule has 3 heteroatoms. The molecule has 0 aromatic heterocycles. The van der Waals surface area contributed by atoms with Crippen LogP contribution < -0.4 is 21.3 Å². The van der Waals surface area contributed by atoms with E-state index < -0.39 is 0 Å². The summed E-state index contributed by atoms with van der Waals surface area (Å²) in [5.74, 6) is 0.543. The van der Waals surface area contributed by atoms with Crippen LogP contribution in [0.4, 0.5) is 17.1 Å². The molecule has 3 aliphatic rings. The van der Waals surface area contributed by atoms with Gasteiger partial charge in [0.05, 0.1) is 5.69 Å². The Kier molecular flexibility index (Phi) is 12.4. The van der Waals surface area contributed by atoms with Crippen LogP contribution in [0.15, 0.2) is 174 Å². The molecule has 0 spiro atoms. The summed E-state index contributed by atoms with van der Waals surface area (Å²) < 4.78 is 0. The average Bonchev–Trinajstić information content (AvgIpc) is 3.37. The first-order valence-corrected chi connectivity index (χ1v) is 28.0. The lowest BCUT2D eigenvalue weighted by Crippen LogP contribution is -2.60. The third-order valence-corrected chi connectivity index (χ3v) is 17.4. The first-order chi connectivity index (χ1) is 34.7. The van der Waals surface area contributed by atoms with Crippen molar-refractivity contribution in [1.29, 1.82) is 0 Å². The molecule has 1 aliphatic carbocycles. The third-order valence-electron chi connectivity index (χ3n) is 16.3. The highest BCUT2D eigenvalue weighted by atomic mass is 32.2. The summed E-state index contributed by atoms with van der Waals surface area (Å²) >= 11 is 2.00. The van der Waals surface area contributed by atoms with Gasteiger partial charge in [0.2, 0.25) is 6.71 Å². The molecule has 11 rings (SSSR count). The molecule has 0 bridgehead atoms. The van der Waals surface area contributed by atoms with E-state index in [2.05, 4.69) is 252 Å². The van der Waals surface area contributed by atoms with Gasteiger partial charge in [-0.1, -0.05) is 259 Å². The Balaban J connectivity index is 1.24. The van der Waals surface area contributed by atoms with Gasteiger partial charge in [0.15, 0.2) is 0 Å². The van der Waals surface area contributed by atoms with Crippen molar-refractivity contribution in [1.82, 2.24) is 0 Å². The first-order valence-electron chi connectivity index (χ1n) is 27.2. The van der Waals surface area contributed by atoms with Crippen molar-refractivity contribution in [2.75, 3.05) is 4.90 Å². The molecule has 0 radical (unpaired) electrons. The van der Waals surface area contributed by atoms with Gasteiger partial charge in [-0.05, 0) is 137 Å². The zero-order chi connectivity index (χ0) is 51.2. The van der Waals surface area contributed by atoms with Crippen molar-refractivity contribution >= 4 is 51.9 Å². The van der Waals surface area contributed by atoms with E-state index in [0.717, 1.165) is 0 Å². The van der Waals surface area contributed by atoms with Crippen LogP contribution >= 0.6 is 11.8 Å². The van der Waals surface area contributed by atoms with Crippen LogP contribution in [-0.2, 0) is 21.7 Å². The molecule has 8 aromatic carbocycles. The number of nitrogens with zero attached hydrogens (tertiary/aromatic N) is 1. The molecule has 0 atom stereocenters. The summed E-state index contributed by atoms with van der Waals surface area (Å²) in [6.45, 7) is 28.3. The molecule has 2 aliphatic heterocycles. The first kappa shape index (κ1) is 49.2. The predicted molar refractivity (Wildman–Crippen MR) is 319 cm³/mol. The fourth-order valence-electron chi connectivity index (χ4n) is 11.9. The minimum Gasteiger partial charge on any atom is -0.310 e. The largest absolute Gasteiger partial charge is 0.310 e. The molecule has 0 amide bonds. The molecule has 0 unspecified atom stereocenters. The van der Waals surface area contributed by atoms with Crippen LogP contribution in [0.25, 0.3) is 44.5 Å². The van der Waals surface area contributed by atoms with Crippen LogP contribution in [0.1, 0.15) is 149 Å². The molecular weight excluding hydrogens is 898 g/mol. The van der Waals surface area contributed by atoms with E-state index in [0.29, 0.717) is 5.92 Å². The maximum atomic E-state index is 2.72. The van der Waals surface area contributed by atoms with Crippen LogP contribution in [-0.4, -0.2) is 6.71 Å². The van der Waals surface area contributed by atoms with Gasteiger partial charge in [0.25, 0.3) is 0 Å². The van der Waals surface area contributed by atoms with Crippen molar-refractivity contribution in [3.63, 3.8) is 0 Å². The molecule has 73 heavy (non-hydrogen) atoms. The Morgan fingerprint density at radius 3 is 1.37 bits per heavy atom. The van der Waals surface area contributed by atoms with E-state index in [1.807, 2.05) is 11.8 Å². The number of hydrogen-bond donors (Lipinski definition) is 0. The van der Waals surface area contributed by atoms with Gasteiger partial charge >= 0.3 is 0 Å². The molecule has 1 nitrogen and oxygen atoms in total. The smallest absolute Gasteiger partial charge is 0.249 e. The Morgan fingerprint density at radius 2 is 0.877 bits per heavy atom. The summed E-state index contributed by atoms with van der Waals surface area (Å²) in [5.41, 5.74) is 25.1. The Morgan fingerprint density at radius 1 is 0.397 bits per heavy atom. The van der Waals surface area contributed by atoms with Crippen molar-refractivity contribution in [2.45, 2.75) is 153 Å². The standard InChI is InChI=1S/C70H74BNS/c1-67(2,3)53-35-50(36-54(43-53)68(4,5)6)48-31-33-61-59(39-48)71-60-40-49(51-37-55(69(7,8)9)44-56(38-51)70(10,11)12)32-34-63(60)73-64-42-52(45-23-16-13-17-24-45)41-62(65(64)71)72(61)66-57(46-25-18-14-19-26-46)29-22-30-58(66)47-27-20-15-21-28-47/h14-15,18-22,25-45H,13,16-17,23-24H2,1-12H3. The summed E-state index contributed by atoms with van der Waals surface area (Å²) in [5, 5.41) is 0. The quantitative estimate of drug-likeness (QED) is 0.153. The molecule has 2 heterocycles. The molecule has 1 saturated carbocycles. The van der Waals surface area contributed by atoms with Crippen molar-refractivity contribution in [2.24, 2.45) is 0 Å². The van der Waals surface area contributed by atoms with Crippen molar-refractivity contribution in [3.05, 3.63) is 192 Å². The van der Waals surface area contributed by atoms with Crippen molar-refractivity contribution in [3.8, 4) is 44.5 Å². The second-order valence-corrected chi connectivity index (χ2v) is 26.8. The molecular formula is C70H74BNS. The maximum Gasteiger partial charge on any atom is 0.249 e. The zero-order valence-electron chi connectivity index (χ0n) is 45.6. The van der Waals surface area contributed by atoms with E-state index >= 15 is 0 Å². The topological polar surface area (TPSA) is 3.24 Å². The lowest BCUT2D eigenvalue weighted by Gasteiger charge is -2.42. The lowest BCUT2D eigenvalue weighted by atomic mass is 9.34.